The monoisotopic (exact) mass is 441 g/mol. The third-order valence-electron chi connectivity index (χ3n) is 6.30. The summed E-state index contributed by atoms with van der Waals surface area (Å²) in [5, 5.41) is 2.71. The van der Waals surface area contributed by atoms with E-state index >= 15 is 0 Å². The maximum absolute atomic E-state index is 11.5. The average molecular weight is 442 g/mol. The molecule has 1 saturated carbocycles. The Morgan fingerprint density at radius 1 is 1.28 bits per heavy atom. The maximum atomic E-state index is 11.5. The molecule has 1 aliphatic carbocycles. The Hall–Kier alpha value is -2.68. The third kappa shape index (κ3) is 8.11. The minimum absolute atomic E-state index is 0.0192. The lowest BCUT2D eigenvalue weighted by Gasteiger charge is -2.33. The molecular formula is C26H39N3O3. The molecular weight excluding hydrogens is 402 g/mol. The molecule has 0 spiro atoms. The molecule has 1 atom stereocenters. The lowest BCUT2D eigenvalue weighted by Crippen LogP contribution is -2.35. The van der Waals surface area contributed by atoms with Crippen LogP contribution in [0.1, 0.15) is 64.4 Å². The number of carbonyl (C=O) groups excluding carboxylic acids is 2. The molecule has 0 aromatic heterocycles. The summed E-state index contributed by atoms with van der Waals surface area (Å²) in [7, 11) is 0. The zero-order valence-electron chi connectivity index (χ0n) is 19.9. The number of ether oxygens (including phenoxy) is 1. The number of hydrogen-bond acceptors (Lipinski definition) is 4. The van der Waals surface area contributed by atoms with Crippen molar-refractivity contribution in [2.45, 2.75) is 71.8 Å². The quantitative estimate of drug-likeness (QED) is 0.486. The van der Waals surface area contributed by atoms with Gasteiger partial charge in [-0.15, -0.1) is 6.42 Å². The van der Waals surface area contributed by atoms with Gasteiger partial charge >= 0.3 is 6.09 Å². The van der Waals surface area contributed by atoms with Crippen molar-refractivity contribution in [3.05, 3.63) is 23.8 Å². The number of carbonyl (C=O) groups is 2. The first-order valence-corrected chi connectivity index (χ1v) is 11.9. The van der Waals surface area contributed by atoms with Crippen LogP contribution in [0, 0.1) is 25.2 Å². The number of aryl methyl sites for hydroxylation is 1. The summed E-state index contributed by atoms with van der Waals surface area (Å²) in [5.41, 5.74) is 2.98. The third-order valence-corrected chi connectivity index (χ3v) is 6.30. The zero-order chi connectivity index (χ0) is 23.3. The van der Waals surface area contributed by atoms with E-state index in [9.17, 15) is 9.59 Å². The van der Waals surface area contributed by atoms with Gasteiger partial charge in [-0.1, -0.05) is 32.1 Å². The second-order valence-corrected chi connectivity index (χ2v) is 8.83. The lowest BCUT2D eigenvalue weighted by atomic mass is 9.94. The van der Waals surface area contributed by atoms with E-state index in [0.29, 0.717) is 6.04 Å². The number of benzene rings is 1. The van der Waals surface area contributed by atoms with E-state index in [0.717, 1.165) is 43.2 Å². The second kappa shape index (κ2) is 13.7. The molecule has 0 radical (unpaired) electrons. The minimum atomic E-state index is -0.518. The van der Waals surface area contributed by atoms with Gasteiger partial charge in [-0.3, -0.25) is 10.1 Å². The van der Waals surface area contributed by atoms with Gasteiger partial charge < -0.3 is 14.5 Å². The highest BCUT2D eigenvalue weighted by atomic mass is 16.5. The molecule has 6 heteroatoms. The van der Waals surface area contributed by atoms with Gasteiger partial charge in [0.2, 0.25) is 6.41 Å². The van der Waals surface area contributed by atoms with Crippen LogP contribution in [-0.4, -0.2) is 49.7 Å². The van der Waals surface area contributed by atoms with Gasteiger partial charge in [-0.05, 0) is 69.2 Å². The van der Waals surface area contributed by atoms with Crippen LogP contribution in [-0.2, 0) is 9.53 Å². The van der Waals surface area contributed by atoms with Crippen molar-refractivity contribution in [1.82, 2.24) is 4.90 Å². The molecule has 2 aliphatic rings. The van der Waals surface area contributed by atoms with E-state index < -0.39 is 6.09 Å². The Bertz CT molecular complexity index is 768. The molecule has 1 aliphatic heterocycles. The molecule has 2 amide bonds. The van der Waals surface area contributed by atoms with Crippen molar-refractivity contribution in [3.63, 3.8) is 0 Å². The van der Waals surface area contributed by atoms with Gasteiger partial charge in [0.05, 0.1) is 0 Å². The molecule has 1 saturated heterocycles. The summed E-state index contributed by atoms with van der Waals surface area (Å²) >= 11 is 0. The van der Waals surface area contributed by atoms with Crippen LogP contribution in [0.25, 0.3) is 0 Å². The molecule has 1 unspecified atom stereocenters. The van der Waals surface area contributed by atoms with Crippen LogP contribution in [0.3, 0.4) is 0 Å². The first-order valence-electron chi connectivity index (χ1n) is 11.9. The lowest BCUT2D eigenvalue weighted by molar-refractivity contribution is -0.120. The van der Waals surface area contributed by atoms with Gasteiger partial charge in [0, 0.05) is 37.1 Å². The first-order chi connectivity index (χ1) is 15.5. The molecule has 0 bridgehead atoms. The molecule has 32 heavy (non-hydrogen) atoms. The van der Waals surface area contributed by atoms with Crippen molar-refractivity contribution in [1.29, 1.82) is 0 Å². The maximum Gasteiger partial charge on any atom is 0.412 e. The number of hydrogen-bond donors (Lipinski definition) is 1. The molecule has 1 aromatic rings. The van der Waals surface area contributed by atoms with Crippen molar-refractivity contribution < 1.29 is 14.3 Å². The molecule has 1 heterocycles. The molecule has 1 N–H and O–H groups in total. The summed E-state index contributed by atoms with van der Waals surface area (Å²) in [6.07, 6.45) is 14.5. The van der Waals surface area contributed by atoms with Crippen molar-refractivity contribution in [3.8, 4) is 12.3 Å². The average Bonchev–Trinajstić information content (AvgIpc) is 2.81. The van der Waals surface area contributed by atoms with Gasteiger partial charge in [0.25, 0.3) is 0 Å². The number of piperidine rings is 1. The number of anilines is 2. The summed E-state index contributed by atoms with van der Waals surface area (Å²) in [6.45, 7) is 9.35. The first kappa shape index (κ1) is 25.6. The molecule has 176 valence electrons. The SMILES string of the molecule is C#CCOC(=O)Nc1ccc(N2CCCC(C)C2)cc1C.CCN(C=O)C1CCCCC1. The Kier molecular flexibility index (Phi) is 10.9. The Morgan fingerprint density at radius 2 is 2.03 bits per heavy atom. The summed E-state index contributed by atoms with van der Waals surface area (Å²) in [4.78, 5) is 26.4. The Morgan fingerprint density at radius 3 is 2.62 bits per heavy atom. The van der Waals surface area contributed by atoms with Crippen molar-refractivity contribution >= 4 is 23.9 Å². The zero-order valence-corrected chi connectivity index (χ0v) is 19.9. The van der Waals surface area contributed by atoms with E-state index in [1.807, 2.05) is 30.9 Å². The molecule has 1 aromatic carbocycles. The summed E-state index contributed by atoms with van der Waals surface area (Å²) in [6, 6.07) is 6.61. The van der Waals surface area contributed by atoms with E-state index in [2.05, 4.69) is 29.1 Å². The fourth-order valence-electron chi connectivity index (χ4n) is 4.49. The van der Waals surface area contributed by atoms with Crippen molar-refractivity contribution in [2.75, 3.05) is 36.5 Å². The fraction of sp³-hybridized carbons (Fsp3) is 0.615. The van der Waals surface area contributed by atoms with Crippen molar-refractivity contribution in [2.24, 2.45) is 5.92 Å². The topological polar surface area (TPSA) is 61.9 Å². The Labute approximate surface area is 193 Å². The van der Waals surface area contributed by atoms with E-state index in [1.165, 1.54) is 50.6 Å². The van der Waals surface area contributed by atoms with Gasteiger partial charge in [0.15, 0.2) is 6.61 Å². The van der Waals surface area contributed by atoms with Crippen LogP contribution >= 0.6 is 0 Å². The van der Waals surface area contributed by atoms with Crippen LogP contribution in [0.2, 0.25) is 0 Å². The van der Waals surface area contributed by atoms with Gasteiger partial charge in [-0.2, -0.15) is 0 Å². The number of amides is 2. The van der Waals surface area contributed by atoms with Crippen LogP contribution in [0.4, 0.5) is 16.2 Å². The number of rotatable bonds is 6. The largest absolute Gasteiger partial charge is 0.436 e. The molecule has 6 nitrogen and oxygen atoms in total. The highest BCUT2D eigenvalue weighted by Crippen LogP contribution is 2.27. The van der Waals surface area contributed by atoms with Gasteiger partial charge in [-0.25, -0.2) is 4.79 Å². The minimum Gasteiger partial charge on any atom is -0.436 e. The molecule has 3 rings (SSSR count). The van der Waals surface area contributed by atoms with E-state index in [1.54, 1.807) is 0 Å². The van der Waals surface area contributed by atoms with Gasteiger partial charge in [0.1, 0.15) is 0 Å². The van der Waals surface area contributed by atoms with Crippen LogP contribution in [0.15, 0.2) is 18.2 Å². The van der Waals surface area contributed by atoms with Crippen LogP contribution < -0.4 is 10.2 Å². The standard InChI is InChI=1S/C17H22N2O2.C9H17NO/c1-4-10-21-17(20)18-16-8-7-15(11-14(16)3)19-9-5-6-13(2)12-19;1-2-10(8-11)9-6-4-3-5-7-9/h1,7-8,11,13H,5-6,9-10,12H2,2-3H3,(H,18,20);8-9H,2-7H2,1H3. The highest BCUT2D eigenvalue weighted by Gasteiger charge is 2.18. The predicted molar refractivity (Wildman–Crippen MR) is 131 cm³/mol. The smallest absolute Gasteiger partial charge is 0.412 e. The van der Waals surface area contributed by atoms with E-state index in [4.69, 9.17) is 11.2 Å². The normalized spacial score (nSPS) is 18.6. The number of nitrogens with one attached hydrogen (secondary N) is 1. The Balaban J connectivity index is 0.000000278. The number of nitrogens with zero attached hydrogens (tertiary/aromatic N) is 2. The van der Waals surface area contributed by atoms with E-state index in [-0.39, 0.29) is 6.61 Å². The fourth-order valence-corrected chi connectivity index (χ4v) is 4.49. The predicted octanol–water partition coefficient (Wildman–Crippen LogP) is 5.21. The summed E-state index contributed by atoms with van der Waals surface area (Å²) in [5.74, 6) is 3.00. The second-order valence-electron chi connectivity index (χ2n) is 8.83. The van der Waals surface area contributed by atoms with Crippen LogP contribution in [0.5, 0.6) is 0 Å². The summed E-state index contributed by atoms with van der Waals surface area (Å²) < 4.78 is 4.81. The number of terminal acetylenes is 1. The molecule has 2 fully saturated rings. The highest BCUT2D eigenvalue weighted by molar-refractivity contribution is 5.86.